The fourth-order valence-electron chi connectivity index (χ4n) is 2.98. The van der Waals surface area contributed by atoms with E-state index in [2.05, 4.69) is 36.2 Å². The van der Waals surface area contributed by atoms with Crippen molar-refractivity contribution in [3.8, 4) is 5.69 Å². The van der Waals surface area contributed by atoms with Gasteiger partial charge in [-0.15, -0.1) is 0 Å². The quantitative estimate of drug-likeness (QED) is 0.874. The molecule has 1 aromatic carbocycles. The zero-order chi connectivity index (χ0) is 18.0. The highest BCUT2D eigenvalue weighted by Crippen LogP contribution is 2.31. The van der Waals surface area contributed by atoms with Crippen LogP contribution in [0.1, 0.15) is 52.1 Å². The van der Waals surface area contributed by atoms with Gasteiger partial charge in [-0.1, -0.05) is 26.0 Å². The number of carbonyl (C=O) groups excluding carboxylic acids is 1. The molecule has 0 radical (unpaired) electrons. The van der Waals surface area contributed by atoms with Crippen molar-refractivity contribution in [2.75, 3.05) is 0 Å². The zero-order valence-corrected chi connectivity index (χ0v) is 15.4. The summed E-state index contributed by atoms with van der Waals surface area (Å²) in [6.45, 7) is 8.48. The number of benzene rings is 1. The van der Waals surface area contributed by atoms with Gasteiger partial charge in [0, 0.05) is 12.1 Å². The lowest BCUT2D eigenvalue weighted by Gasteiger charge is -2.33. The van der Waals surface area contributed by atoms with Crippen LogP contribution < -0.4 is 5.32 Å². The van der Waals surface area contributed by atoms with Crippen LogP contribution >= 0.6 is 0 Å². The molecule has 2 atom stereocenters. The summed E-state index contributed by atoms with van der Waals surface area (Å²) in [5.74, 6) is 0.442. The molecule has 134 valence electrons. The van der Waals surface area contributed by atoms with Crippen LogP contribution in [0.25, 0.3) is 5.69 Å². The lowest BCUT2D eigenvalue weighted by atomic mass is 10.0. The average Bonchev–Trinajstić information content (AvgIpc) is 3.26. The van der Waals surface area contributed by atoms with E-state index in [9.17, 15) is 4.79 Å². The third-order valence-electron chi connectivity index (χ3n) is 4.97. The normalized spacial score (nSPS) is 16.5. The molecule has 25 heavy (non-hydrogen) atoms. The number of carbonyl (C=O) groups is 1. The van der Waals surface area contributed by atoms with Crippen LogP contribution in [0.4, 0.5) is 4.79 Å². The van der Waals surface area contributed by atoms with E-state index < -0.39 is 0 Å². The fraction of sp³-hybridized carbons (Fsp3) is 0.526. The molecule has 0 saturated heterocycles. The first-order valence-corrected chi connectivity index (χ1v) is 9.01. The van der Waals surface area contributed by atoms with Crippen LogP contribution in [-0.4, -0.2) is 37.8 Å². The molecule has 1 heterocycles. The Balaban J connectivity index is 1.72. The summed E-state index contributed by atoms with van der Waals surface area (Å²) >= 11 is 0. The molecule has 1 aliphatic rings. The molecule has 0 bridgehead atoms. The summed E-state index contributed by atoms with van der Waals surface area (Å²) in [5.41, 5.74) is 1.99. The molecule has 0 spiro atoms. The van der Waals surface area contributed by atoms with E-state index in [1.165, 1.54) is 6.33 Å². The first-order chi connectivity index (χ1) is 12.0. The van der Waals surface area contributed by atoms with Crippen molar-refractivity contribution in [3.63, 3.8) is 0 Å². The second kappa shape index (κ2) is 7.25. The van der Waals surface area contributed by atoms with E-state index in [1.807, 2.05) is 36.1 Å². The monoisotopic (exact) mass is 341 g/mol. The SMILES string of the molecule is CC(C)[C@@H](C)N(C(=O)N[C@@H](C)c1cccc(-n2cncn2)c1)C1CC1. The second-order valence-electron chi connectivity index (χ2n) is 7.23. The maximum Gasteiger partial charge on any atom is 0.318 e. The number of hydrogen-bond acceptors (Lipinski definition) is 3. The topological polar surface area (TPSA) is 63.1 Å². The number of nitrogens with one attached hydrogen (secondary N) is 1. The van der Waals surface area contributed by atoms with E-state index in [0.29, 0.717) is 12.0 Å². The molecule has 1 fully saturated rings. The molecule has 0 unspecified atom stereocenters. The molecular formula is C19H27N5O. The summed E-state index contributed by atoms with van der Waals surface area (Å²) in [4.78, 5) is 18.9. The number of amides is 2. The summed E-state index contributed by atoms with van der Waals surface area (Å²) in [6, 6.07) is 8.60. The van der Waals surface area contributed by atoms with Crippen LogP contribution in [0, 0.1) is 5.92 Å². The predicted octanol–water partition coefficient (Wildman–Crippen LogP) is 3.55. The molecule has 2 aromatic rings. The largest absolute Gasteiger partial charge is 0.331 e. The first-order valence-electron chi connectivity index (χ1n) is 9.01. The first kappa shape index (κ1) is 17.5. The molecular weight excluding hydrogens is 314 g/mol. The van der Waals surface area contributed by atoms with Crippen molar-refractivity contribution in [1.82, 2.24) is 25.0 Å². The van der Waals surface area contributed by atoms with Crippen LogP contribution in [0.15, 0.2) is 36.9 Å². The number of urea groups is 1. The van der Waals surface area contributed by atoms with Crippen LogP contribution in [-0.2, 0) is 0 Å². The van der Waals surface area contributed by atoms with Gasteiger partial charge >= 0.3 is 6.03 Å². The Hall–Kier alpha value is -2.37. The van der Waals surface area contributed by atoms with E-state index in [4.69, 9.17) is 0 Å². The van der Waals surface area contributed by atoms with Gasteiger partial charge in [0.1, 0.15) is 12.7 Å². The number of rotatable bonds is 6. The van der Waals surface area contributed by atoms with E-state index in [0.717, 1.165) is 24.1 Å². The van der Waals surface area contributed by atoms with Gasteiger partial charge in [-0.2, -0.15) is 5.10 Å². The molecule has 6 nitrogen and oxygen atoms in total. The molecule has 1 saturated carbocycles. The maximum absolute atomic E-state index is 12.9. The van der Waals surface area contributed by atoms with Crippen molar-refractivity contribution in [3.05, 3.63) is 42.5 Å². The highest BCUT2D eigenvalue weighted by Gasteiger charge is 2.37. The number of nitrogens with zero attached hydrogens (tertiary/aromatic N) is 4. The smallest absolute Gasteiger partial charge is 0.318 e. The lowest BCUT2D eigenvalue weighted by molar-refractivity contribution is 0.154. The zero-order valence-electron chi connectivity index (χ0n) is 15.4. The van der Waals surface area contributed by atoms with Gasteiger partial charge in [0.25, 0.3) is 0 Å². The van der Waals surface area contributed by atoms with E-state index in [1.54, 1.807) is 11.0 Å². The minimum atomic E-state index is -0.0726. The minimum Gasteiger partial charge on any atom is -0.331 e. The van der Waals surface area contributed by atoms with Gasteiger partial charge in [0.2, 0.25) is 0 Å². The van der Waals surface area contributed by atoms with Crippen molar-refractivity contribution >= 4 is 6.03 Å². The van der Waals surface area contributed by atoms with Crippen LogP contribution in [0.2, 0.25) is 0 Å². The van der Waals surface area contributed by atoms with Gasteiger partial charge < -0.3 is 10.2 Å². The van der Waals surface area contributed by atoms with E-state index >= 15 is 0 Å². The van der Waals surface area contributed by atoms with Crippen LogP contribution in [0.5, 0.6) is 0 Å². The van der Waals surface area contributed by atoms with Gasteiger partial charge in [-0.3, -0.25) is 0 Å². The van der Waals surface area contributed by atoms with Crippen molar-refractivity contribution in [2.45, 2.75) is 58.7 Å². The highest BCUT2D eigenvalue weighted by atomic mass is 16.2. The molecule has 1 aromatic heterocycles. The third kappa shape index (κ3) is 4.00. The van der Waals surface area contributed by atoms with Crippen molar-refractivity contribution in [2.24, 2.45) is 5.92 Å². The Bertz CT molecular complexity index is 708. The molecule has 6 heteroatoms. The van der Waals surface area contributed by atoms with Crippen LogP contribution in [0.3, 0.4) is 0 Å². The summed E-state index contributed by atoms with van der Waals surface area (Å²) in [6.07, 6.45) is 5.40. The molecule has 1 aliphatic carbocycles. The molecule has 3 rings (SSSR count). The van der Waals surface area contributed by atoms with Gasteiger partial charge in [0.15, 0.2) is 0 Å². The summed E-state index contributed by atoms with van der Waals surface area (Å²) in [7, 11) is 0. The molecule has 0 aliphatic heterocycles. The minimum absolute atomic E-state index is 0.0300. The molecule has 2 amide bonds. The predicted molar refractivity (Wildman–Crippen MR) is 97.5 cm³/mol. The Morgan fingerprint density at radius 1 is 1.28 bits per heavy atom. The second-order valence-corrected chi connectivity index (χ2v) is 7.23. The Labute approximate surface area is 149 Å². The maximum atomic E-state index is 12.9. The van der Waals surface area contributed by atoms with Gasteiger partial charge in [-0.05, 0) is 50.3 Å². The number of aromatic nitrogens is 3. The fourth-order valence-corrected chi connectivity index (χ4v) is 2.98. The Kier molecular flexibility index (Phi) is 5.06. The standard InChI is InChI=1S/C19H27N5O/c1-13(2)15(4)24(17-8-9-17)19(25)22-14(3)16-6-5-7-18(10-16)23-12-20-11-21-23/h5-7,10-15,17H,8-9H2,1-4H3,(H,22,25)/t14-,15+/m0/s1. The van der Waals surface area contributed by atoms with Crippen molar-refractivity contribution in [1.29, 1.82) is 0 Å². The average molecular weight is 341 g/mol. The third-order valence-corrected chi connectivity index (χ3v) is 4.97. The van der Waals surface area contributed by atoms with Gasteiger partial charge in [-0.25, -0.2) is 14.5 Å². The lowest BCUT2D eigenvalue weighted by Crippen LogP contribution is -2.48. The van der Waals surface area contributed by atoms with Gasteiger partial charge in [0.05, 0.1) is 11.7 Å². The molecule has 1 N–H and O–H groups in total. The highest BCUT2D eigenvalue weighted by molar-refractivity contribution is 5.76. The van der Waals surface area contributed by atoms with E-state index in [-0.39, 0.29) is 18.1 Å². The Morgan fingerprint density at radius 3 is 2.64 bits per heavy atom. The number of hydrogen-bond donors (Lipinski definition) is 1. The Morgan fingerprint density at radius 2 is 2.04 bits per heavy atom. The van der Waals surface area contributed by atoms with Crippen molar-refractivity contribution < 1.29 is 4.79 Å². The summed E-state index contributed by atoms with van der Waals surface area (Å²) in [5, 5.41) is 7.33. The summed E-state index contributed by atoms with van der Waals surface area (Å²) < 4.78 is 1.72.